The maximum Gasteiger partial charge on any atom is 0.245 e. The van der Waals surface area contributed by atoms with E-state index in [2.05, 4.69) is 4.99 Å². The second-order valence-electron chi connectivity index (χ2n) is 3.42. The van der Waals surface area contributed by atoms with E-state index in [4.69, 9.17) is 11.5 Å². The number of carbonyl (C=O) groups excluding carboxylic acids is 1. The molecule has 0 fully saturated rings. The van der Waals surface area contributed by atoms with E-state index >= 15 is 0 Å². The molecule has 4 heteroatoms. The summed E-state index contributed by atoms with van der Waals surface area (Å²) in [6, 6.07) is 0. The number of primary amides is 1. The van der Waals surface area contributed by atoms with Crippen LogP contribution in [-0.4, -0.2) is 17.3 Å². The van der Waals surface area contributed by atoms with Crippen LogP contribution in [0.1, 0.15) is 27.7 Å². The van der Waals surface area contributed by atoms with E-state index in [1.807, 2.05) is 13.8 Å². The van der Waals surface area contributed by atoms with Crippen molar-refractivity contribution in [2.45, 2.75) is 33.2 Å². The molecule has 0 aromatic heterocycles. The van der Waals surface area contributed by atoms with Crippen molar-refractivity contribution in [3.63, 3.8) is 0 Å². The molecule has 70 valence electrons. The summed E-state index contributed by atoms with van der Waals surface area (Å²) < 4.78 is 0. The Labute approximate surface area is 73.0 Å². The van der Waals surface area contributed by atoms with E-state index in [1.165, 1.54) is 0 Å². The number of rotatable bonds is 3. The summed E-state index contributed by atoms with van der Waals surface area (Å²) in [4.78, 5) is 15.1. The van der Waals surface area contributed by atoms with Crippen molar-refractivity contribution in [1.82, 2.24) is 0 Å². The largest absolute Gasteiger partial charge is 0.388 e. The van der Waals surface area contributed by atoms with Gasteiger partial charge in [0.25, 0.3) is 0 Å². The van der Waals surface area contributed by atoms with Crippen molar-refractivity contribution in [2.75, 3.05) is 0 Å². The summed E-state index contributed by atoms with van der Waals surface area (Å²) in [6.07, 6.45) is 0. The average molecular weight is 171 g/mol. The van der Waals surface area contributed by atoms with Crippen LogP contribution in [-0.2, 0) is 4.79 Å². The van der Waals surface area contributed by atoms with Crippen molar-refractivity contribution in [1.29, 1.82) is 0 Å². The summed E-state index contributed by atoms with van der Waals surface area (Å²) >= 11 is 0. The molecule has 0 heterocycles. The first-order chi connectivity index (χ1) is 5.30. The molecule has 0 saturated heterocycles. The number of aliphatic imine (C=N–C) groups is 1. The van der Waals surface area contributed by atoms with Crippen LogP contribution in [0.4, 0.5) is 0 Å². The zero-order valence-electron chi connectivity index (χ0n) is 8.09. The van der Waals surface area contributed by atoms with E-state index in [-0.39, 0.29) is 5.92 Å². The van der Waals surface area contributed by atoms with Gasteiger partial charge >= 0.3 is 0 Å². The fraction of sp³-hybridized carbons (Fsp3) is 0.750. The Morgan fingerprint density at radius 2 is 1.83 bits per heavy atom. The minimum absolute atomic E-state index is 0.0495. The molecule has 1 amide bonds. The van der Waals surface area contributed by atoms with Gasteiger partial charge in [0.1, 0.15) is 5.54 Å². The molecule has 4 N–H and O–H groups in total. The summed E-state index contributed by atoms with van der Waals surface area (Å²) in [5.74, 6) is -0.0131. The summed E-state index contributed by atoms with van der Waals surface area (Å²) in [6.45, 7) is 7.11. The van der Waals surface area contributed by atoms with Crippen molar-refractivity contribution in [3.8, 4) is 0 Å². The lowest BCUT2D eigenvalue weighted by atomic mass is 9.88. The number of amides is 1. The third kappa shape index (κ3) is 2.22. The number of hydrogen-bond acceptors (Lipinski definition) is 2. The molecule has 0 aliphatic heterocycles. The van der Waals surface area contributed by atoms with Crippen LogP contribution in [0.25, 0.3) is 0 Å². The highest BCUT2D eigenvalue weighted by atomic mass is 16.1. The summed E-state index contributed by atoms with van der Waals surface area (Å²) in [5, 5.41) is 0. The normalized spacial score (nSPS) is 17.6. The molecule has 0 spiro atoms. The number of amidine groups is 1. The third-order valence-corrected chi connectivity index (χ3v) is 2.03. The minimum Gasteiger partial charge on any atom is -0.388 e. The van der Waals surface area contributed by atoms with Gasteiger partial charge in [-0.3, -0.25) is 9.79 Å². The van der Waals surface area contributed by atoms with E-state index in [0.717, 1.165) is 0 Å². The highest BCUT2D eigenvalue weighted by Crippen LogP contribution is 2.20. The molecule has 0 rings (SSSR count). The van der Waals surface area contributed by atoms with Crippen molar-refractivity contribution >= 4 is 11.7 Å². The molecule has 0 aromatic rings. The highest BCUT2D eigenvalue weighted by Gasteiger charge is 2.34. The predicted molar refractivity (Wildman–Crippen MR) is 49.7 cm³/mol. The van der Waals surface area contributed by atoms with Gasteiger partial charge in [-0.15, -0.1) is 0 Å². The quantitative estimate of drug-likeness (QED) is 0.472. The van der Waals surface area contributed by atoms with Crippen molar-refractivity contribution < 1.29 is 4.79 Å². The number of carbonyl (C=O) groups is 1. The van der Waals surface area contributed by atoms with Gasteiger partial charge in [-0.25, -0.2) is 0 Å². The maximum atomic E-state index is 11.1. The molecule has 0 radical (unpaired) electrons. The third-order valence-electron chi connectivity index (χ3n) is 2.03. The van der Waals surface area contributed by atoms with E-state index in [1.54, 1.807) is 13.8 Å². The Balaban J connectivity index is 4.89. The molecule has 1 atom stereocenters. The van der Waals surface area contributed by atoms with Gasteiger partial charge in [0.2, 0.25) is 5.91 Å². The lowest BCUT2D eigenvalue weighted by Gasteiger charge is -2.25. The Morgan fingerprint density at radius 3 is 1.92 bits per heavy atom. The van der Waals surface area contributed by atoms with E-state index in [0.29, 0.717) is 5.84 Å². The SMILES string of the molecule is CC(N)=NC(C)(C(N)=O)C(C)C. The molecular formula is C8H17N3O. The standard InChI is InChI=1S/C8H17N3O/c1-5(2)8(4,7(10)12)11-6(3)9/h5H,1-4H3,(H2,9,11)(H2,10,12). The van der Waals surface area contributed by atoms with Crippen LogP contribution in [0.3, 0.4) is 0 Å². The molecule has 0 saturated carbocycles. The predicted octanol–water partition coefficient (Wildman–Crippen LogP) is 0.263. The number of hydrogen-bond donors (Lipinski definition) is 2. The Bertz CT molecular complexity index is 206. The zero-order chi connectivity index (χ0) is 9.94. The van der Waals surface area contributed by atoms with Crippen LogP contribution < -0.4 is 11.5 Å². The monoisotopic (exact) mass is 171 g/mol. The van der Waals surface area contributed by atoms with Gasteiger partial charge in [-0.1, -0.05) is 13.8 Å². The van der Waals surface area contributed by atoms with E-state index in [9.17, 15) is 4.79 Å². The van der Waals surface area contributed by atoms with Crippen LogP contribution in [0.2, 0.25) is 0 Å². The molecule has 0 bridgehead atoms. The maximum absolute atomic E-state index is 11.1. The number of nitrogens with two attached hydrogens (primary N) is 2. The van der Waals surface area contributed by atoms with Crippen molar-refractivity contribution in [2.24, 2.45) is 22.4 Å². The van der Waals surface area contributed by atoms with Gasteiger partial charge in [0, 0.05) is 0 Å². The molecule has 0 aliphatic carbocycles. The number of nitrogens with zero attached hydrogens (tertiary/aromatic N) is 1. The fourth-order valence-corrected chi connectivity index (χ4v) is 0.835. The Kier molecular flexibility index (Phi) is 3.24. The second-order valence-corrected chi connectivity index (χ2v) is 3.42. The second kappa shape index (κ2) is 3.56. The van der Waals surface area contributed by atoms with Crippen molar-refractivity contribution in [3.05, 3.63) is 0 Å². The van der Waals surface area contributed by atoms with Gasteiger partial charge in [0.05, 0.1) is 5.84 Å². The smallest absolute Gasteiger partial charge is 0.245 e. The summed E-state index contributed by atoms with van der Waals surface area (Å²) in [5.41, 5.74) is 9.74. The van der Waals surface area contributed by atoms with E-state index < -0.39 is 11.4 Å². The molecule has 0 aromatic carbocycles. The fourth-order valence-electron chi connectivity index (χ4n) is 0.835. The van der Waals surface area contributed by atoms with Crippen LogP contribution in [0.15, 0.2) is 4.99 Å². The lowest BCUT2D eigenvalue weighted by Crippen LogP contribution is -2.45. The van der Waals surface area contributed by atoms with Gasteiger partial charge in [0.15, 0.2) is 0 Å². The van der Waals surface area contributed by atoms with Gasteiger partial charge in [-0.2, -0.15) is 0 Å². The van der Waals surface area contributed by atoms with Crippen LogP contribution in [0.5, 0.6) is 0 Å². The average Bonchev–Trinajstić information content (AvgIpc) is 1.84. The molecule has 4 nitrogen and oxygen atoms in total. The first-order valence-corrected chi connectivity index (χ1v) is 3.92. The first kappa shape index (κ1) is 10.9. The molecule has 1 unspecified atom stereocenters. The molecule has 0 aliphatic rings. The van der Waals surface area contributed by atoms with Gasteiger partial charge < -0.3 is 11.5 Å². The molecule has 12 heavy (non-hydrogen) atoms. The molecular weight excluding hydrogens is 154 g/mol. The first-order valence-electron chi connectivity index (χ1n) is 3.92. The topological polar surface area (TPSA) is 81.5 Å². The highest BCUT2D eigenvalue weighted by molar-refractivity contribution is 5.89. The van der Waals surface area contributed by atoms with Crippen LogP contribution in [0, 0.1) is 5.92 Å². The van der Waals surface area contributed by atoms with Crippen LogP contribution >= 0.6 is 0 Å². The lowest BCUT2D eigenvalue weighted by molar-refractivity contribution is -0.123. The Morgan fingerprint density at radius 1 is 1.42 bits per heavy atom. The Hall–Kier alpha value is -1.06. The van der Waals surface area contributed by atoms with Gasteiger partial charge in [-0.05, 0) is 19.8 Å². The zero-order valence-corrected chi connectivity index (χ0v) is 8.09. The minimum atomic E-state index is -0.876. The summed E-state index contributed by atoms with van der Waals surface area (Å²) in [7, 11) is 0.